The number of thiophene rings is 2. The molecule has 28 heavy (non-hydrogen) atoms. The first-order valence-electron chi connectivity index (χ1n) is 9.64. The molecule has 5 heteroatoms. The molecule has 3 atom stereocenters. The number of nitrogens with one attached hydrogen (secondary N) is 1. The molecule has 0 saturated heterocycles. The van der Waals surface area contributed by atoms with E-state index in [1.807, 2.05) is 0 Å². The maximum Gasteiger partial charge on any atom is 0.108 e. The molecule has 1 aliphatic heterocycles. The summed E-state index contributed by atoms with van der Waals surface area (Å²) in [5, 5.41) is 7.92. The zero-order valence-corrected chi connectivity index (χ0v) is 17.1. The van der Waals surface area contributed by atoms with E-state index in [9.17, 15) is 0 Å². The smallest absolute Gasteiger partial charge is 0.108 e. The van der Waals surface area contributed by atoms with Crippen LogP contribution in [0.5, 0.6) is 0 Å². The standard InChI is InChI=1S/C23H19N3S2/c1-13-14-5-2-6-15(14)16-11-18-19(12-17(16)24-13)26-23(21-8-4-10-28-21)22(25-18)20-7-3-9-27-20/h2-4,6-15,24H,5H2,1H3. The van der Waals surface area contributed by atoms with Crippen molar-refractivity contribution in [2.24, 2.45) is 5.92 Å². The fourth-order valence-corrected chi connectivity index (χ4v) is 5.99. The number of hydrogen-bond acceptors (Lipinski definition) is 5. The van der Waals surface area contributed by atoms with Gasteiger partial charge >= 0.3 is 0 Å². The summed E-state index contributed by atoms with van der Waals surface area (Å²) in [7, 11) is 0. The van der Waals surface area contributed by atoms with E-state index in [0.29, 0.717) is 17.9 Å². The lowest BCUT2D eigenvalue weighted by Crippen LogP contribution is -2.33. The number of aromatic nitrogens is 2. The lowest BCUT2D eigenvalue weighted by atomic mass is 9.80. The minimum Gasteiger partial charge on any atom is -0.382 e. The predicted molar refractivity (Wildman–Crippen MR) is 119 cm³/mol. The van der Waals surface area contributed by atoms with E-state index < -0.39 is 0 Å². The molecule has 1 N–H and O–H groups in total. The van der Waals surface area contributed by atoms with Crippen LogP contribution in [-0.2, 0) is 0 Å². The second-order valence-corrected chi connectivity index (χ2v) is 9.49. The molecule has 4 heterocycles. The van der Waals surface area contributed by atoms with Crippen molar-refractivity contribution in [3.8, 4) is 21.1 Å². The van der Waals surface area contributed by atoms with Crippen LogP contribution in [0.4, 0.5) is 5.69 Å². The highest BCUT2D eigenvalue weighted by Crippen LogP contribution is 2.46. The summed E-state index contributed by atoms with van der Waals surface area (Å²) in [5.41, 5.74) is 6.48. The summed E-state index contributed by atoms with van der Waals surface area (Å²) in [5.74, 6) is 1.12. The number of benzene rings is 1. The Labute approximate surface area is 171 Å². The molecule has 4 aromatic rings. The van der Waals surface area contributed by atoms with Gasteiger partial charge in [-0.1, -0.05) is 24.3 Å². The minimum atomic E-state index is 0.472. The van der Waals surface area contributed by atoms with Gasteiger partial charge in [-0.15, -0.1) is 22.7 Å². The first kappa shape index (κ1) is 16.5. The summed E-state index contributed by atoms with van der Waals surface area (Å²) in [6, 6.07) is 13.4. The Hall–Kier alpha value is -2.50. The van der Waals surface area contributed by atoms with Crippen molar-refractivity contribution in [1.82, 2.24) is 9.97 Å². The van der Waals surface area contributed by atoms with Crippen molar-refractivity contribution in [2.45, 2.75) is 25.3 Å². The van der Waals surface area contributed by atoms with Gasteiger partial charge in [-0.05, 0) is 59.9 Å². The number of nitrogens with zero attached hydrogens (tertiary/aromatic N) is 2. The van der Waals surface area contributed by atoms with Gasteiger partial charge in [-0.3, -0.25) is 0 Å². The number of hydrogen-bond donors (Lipinski definition) is 1. The van der Waals surface area contributed by atoms with Crippen LogP contribution < -0.4 is 5.32 Å². The summed E-state index contributed by atoms with van der Waals surface area (Å²) in [4.78, 5) is 12.5. The van der Waals surface area contributed by atoms with Crippen molar-refractivity contribution in [3.63, 3.8) is 0 Å². The zero-order valence-electron chi connectivity index (χ0n) is 15.4. The molecule has 0 amide bonds. The van der Waals surface area contributed by atoms with Crippen molar-refractivity contribution in [1.29, 1.82) is 0 Å². The van der Waals surface area contributed by atoms with Crippen LogP contribution in [0, 0.1) is 5.92 Å². The van der Waals surface area contributed by atoms with Gasteiger partial charge in [-0.2, -0.15) is 0 Å². The van der Waals surface area contributed by atoms with E-state index in [2.05, 4.69) is 71.6 Å². The van der Waals surface area contributed by atoms with Crippen LogP contribution in [0.2, 0.25) is 0 Å². The first-order chi connectivity index (χ1) is 13.8. The van der Waals surface area contributed by atoms with Crippen molar-refractivity contribution in [2.75, 3.05) is 5.32 Å². The lowest BCUT2D eigenvalue weighted by Gasteiger charge is -2.35. The Morgan fingerprint density at radius 3 is 2.29 bits per heavy atom. The maximum atomic E-state index is 5.12. The molecule has 0 bridgehead atoms. The van der Waals surface area contributed by atoms with E-state index >= 15 is 0 Å². The van der Waals surface area contributed by atoms with Crippen LogP contribution in [0.25, 0.3) is 32.2 Å². The van der Waals surface area contributed by atoms with E-state index in [1.165, 1.54) is 16.1 Å². The maximum absolute atomic E-state index is 5.12. The highest BCUT2D eigenvalue weighted by molar-refractivity contribution is 7.14. The molecule has 0 spiro atoms. The summed E-state index contributed by atoms with van der Waals surface area (Å²) in [6.45, 7) is 2.29. The third kappa shape index (κ3) is 2.46. The SMILES string of the molecule is CC1Nc2cc3nc(-c4cccs4)c(-c4cccs4)nc3cc2C2C=CCC12. The molecular formula is C23H19N3S2. The normalized spacial score (nSPS) is 22.8. The fraction of sp³-hybridized carbons (Fsp3) is 0.217. The number of rotatable bonds is 2. The highest BCUT2D eigenvalue weighted by Gasteiger charge is 2.35. The monoisotopic (exact) mass is 401 g/mol. The van der Waals surface area contributed by atoms with Crippen molar-refractivity contribution < 1.29 is 0 Å². The van der Waals surface area contributed by atoms with Crippen LogP contribution in [-0.4, -0.2) is 16.0 Å². The fourth-order valence-electron chi connectivity index (χ4n) is 4.56. The molecule has 0 saturated carbocycles. The average Bonchev–Trinajstić information content (AvgIpc) is 3.48. The van der Waals surface area contributed by atoms with E-state index in [4.69, 9.17) is 9.97 Å². The second-order valence-electron chi connectivity index (χ2n) is 7.59. The average molecular weight is 402 g/mol. The van der Waals surface area contributed by atoms with Crippen LogP contribution in [0.3, 0.4) is 0 Å². The lowest BCUT2D eigenvalue weighted by molar-refractivity contribution is 0.437. The molecular weight excluding hydrogens is 382 g/mol. The Bertz CT molecular complexity index is 1190. The Morgan fingerprint density at radius 1 is 0.964 bits per heavy atom. The molecule has 3 unspecified atom stereocenters. The Balaban J connectivity index is 1.60. The summed E-state index contributed by atoms with van der Waals surface area (Å²) < 4.78 is 0. The van der Waals surface area contributed by atoms with Gasteiger partial charge in [0.25, 0.3) is 0 Å². The Kier molecular flexibility index (Phi) is 3.68. The molecule has 3 aromatic heterocycles. The summed E-state index contributed by atoms with van der Waals surface area (Å²) in [6.07, 6.45) is 5.86. The van der Waals surface area contributed by atoms with E-state index in [-0.39, 0.29) is 0 Å². The molecule has 1 aromatic carbocycles. The Morgan fingerprint density at radius 2 is 1.64 bits per heavy atom. The third-order valence-electron chi connectivity index (χ3n) is 5.94. The van der Waals surface area contributed by atoms with Gasteiger partial charge in [-0.25, -0.2) is 9.97 Å². The third-order valence-corrected chi connectivity index (χ3v) is 7.70. The second kappa shape index (κ2) is 6.26. The molecule has 0 fully saturated rings. The quantitative estimate of drug-likeness (QED) is 0.387. The van der Waals surface area contributed by atoms with Gasteiger partial charge in [0.1, 0.15) is 11.4 Å². The highest BCUT2D eigenvalue weighted by atomic mass is 32.1. The molecule has 0 radical (unpaired) electrons. The summed E-state index contributed by atoms with van der Waals surface area (Å²) >= 11 is 3.43. The van der Waals surface area contributed by atoms with E-state index in [1.54, 1.807) is 22.7 Å². The van der Waals surface area contributed by atoms with Gasteiger partial charge in [0.2, 0.25) is 0 Å². The molecule has 1 aliphatic carbocycles. The molecule has 3 nitrogen and oxygen atoms in total. The van der Waals surface area contributed by atoms with Crippen LogP contribution in [0.15, 0.2) is 59.3 Å². The zero-order chi connectivity index (χ0) is 18.7. The van der Waals surface area contributed by atoms with Gasteiger partial charge in [0, 0.05) is 17.6 Å². The molecule has 2 aliphatic rings. The minimum absolute atomic E-state index is 0.472. The van der Waals surface area contributed by atoms with Crippen LogP contribution >= 0.6 is 22.7 Å². The number of allylic oxidation sites excluding steroid dienone is 2. The van der Waals surface area contributed by atoms with Gasteiger partial charge in [0.05, 0.1) is 20.8 Å². The van der Waals surface area contributed by atoms with Crippen LogP contribution in [0.1, 0.15) is 24.8 Å². The predicted octanol–water partition coefficient (Wildman–Crippen LogP) is 6.56. The number of anilines is 1. The van der Waals surface area contributed by atoms with Gasteiger partial charge in [0.15, 0.2) is 0 Å². The van der Waals surface area contributed by atoms with E-state index in [0.717, 1.165) is 33.7 Å². The molecule has 138 valence electrons. The largest absolute Gasteiger partial charge is 0.382 e. The van der Waals surface area contributed by atoms with Crippen molar-refractivity contribution >= 4 is 39.4 Å². The van der Waals surface area contributed by atoms with Gasteiger partial charge < -0.3 is 5.32 Å². The molecule has 6 rings (SSSR count). The first-order valence-corrected chi connectivity index (χ1v) is 11.4. The number of fused-ring (bicyclic) bond motifs is 4. The van der Waals surface area contributed by atoms with Crippen molar-refractivity contribution in [3.05, 3.63) is 64.9 Å². The topological polar surface area (TPSA) is 37.8 Å².